The van der Waals surface area contributed by atoms with E-state index in [9.17, 15) is 9.90 Å². The van der Waals surface area contributed by atoms with Gasteiger partial charge >= 0.3 is 5.97 Å². The molecule has 94 valence electrons. The molecule has 1 unspecified atom stereocenters. The molecule has 6 N–H and O–H groups in total. The maximum absolute atomic E-state index is 11.0. The van der Waals surface area contributed by atoms with E-state index in [1.54, 1.807) is 6.92 Å². The third-order valence-corrected chi connectivity index (χ3v) is 2.05. The lowest BCUT2D eigenvalue weighted by atomic mass is 10.0. The summed E-state index contributed by atoms with van der Waals surface area (Å²) in [5.74, 6) is -1.35. The molecule has 0 aliphatic rings. The van der Waals surface area contributed by atoms with Gasteiger partial charge in [-0.3, -0.25) is 0 Å². The summed E-state index contributed by atoms with van der Waals surface area (Å²) < 4.78 is 0. The van der Waals surface area contributed by atoms with E-state index in [1.165, 1.54) is 18.2 Å². The van der Waals surface area contributed by atoms with Gasteiger partial charge in [-0.15, -0.1) is 12.4 Å². The highest BCUT2D eigenvalue weighted by atomic mass is 35.5. The minimum absolute atomic E-state index is 0. The summed E-state index contributed by atoms with van der Waals surface area (Å²) in [4.78, 5) is 14.6. The highest BCUT2D eigenvalue weighted by Crippen LogP contribution is 2.23. The summed E-state index contributed by atoms with van der Waals surface area (Å²) in [6.45, 7) is 1.66. The number of aliphatic carboxylic acids is 1. The van der Waals surface area contributed by atoms with Gasteiger partial charge in [0.2, 0.25) is 0 Å². The molecule has 0 radical (unpaired) electrons. The monoisotopic (exact) mass is 259 g/mol. The van der Waals surface area contributed by atoms with Gasteiger partial charge in [-0.05, 0) is 30.2 Å². The Bertz CT molecular complexity index is 444. The first-order chi connectivity index (χ1) is 7.41. The van der Waals surface area contributed by atoms with Crippen molar-refractivity contribution in [1.82, 2.24) is 0 Å². The maximum Gasteiger partial charge on any atom is 0.333 e. The van der Waals surface area contributed by atoms with Crippen molar-refractivity contribution in [1.29, 1.82) is 0 Å². The zero-order chi connectivity index (χ0) is 12.3. The number of phenols is 1. The Labute approximate surface area is 104 Å². The third-order valence-electron chi connectivity index (χ3n) is 2.05. The van der Waals surface area contributed by atoms with Crippen LogP contribution < -0.4 is 11.5 Å². The summed E-state index contributed by atoms with van der Waals surface area (Å²) in [7, 11) is 0. The van der Waals surface area contributed by atoms with E-state index < -0.39 is 12.0 Å². The third kappa shape index (κ3) is 3.84. The number of phenolic OH excluding ortho intramolecular Hbond substituents is 1. The Balaban J connectivity index is 0.00000256. The summed E-state index contributed by atoms with van der Waals surface area (Å²) in [5, 5.41) is 18.3. The van der Waals surface area contributed by atoms with Crippen LogP contribution in [0.4, 0.5) is 0 Å². The molecule has 7 heteroatoms. The van der Waals surface area contributed by atoms with Gasteiger partial charge in [0.05, 0.1) is 0 Å². The number of benzene rings is 1. The van der Waals surface area contributed by atoms with E-state index in [4.69, 9.17) is 16.6 Å². The number of aryl methyl sites for hydroxylation is 1. The average Bonchev–Trinajstić information content (AvgIpc) is 2.18. The molecule has 6 nitrogen and oxygen atoms in total. The lowest BCUT2D eigenvalue weighted by Crippen LogP contribution is -2.25. The highest BCUT2D eigenvalue weighted by Gasteiger charge is 2.19. The molecule has 1 atom stereocenters. The van der Waals surface area contributed by atoms with Crippen molar-refractivity contribution in [2.75, 3.05) is 0 Å². The number of carboxylic acid groups (broad SMARTS) is 1. The predicted molar refractivity (Wildman–Crippen MR) is 66.3 cm³/mol. The molecular formula is C10H14ClN3O3. The number of hydrogen-bond acceptors (Lipinski definition) is 3. The lowest BCUT2D eigenvalue weighted by Gasteiger charge is -2.09. The molecule has 0 aliphatic heterocycles. The van der Waals surface area contributed by atoms with Crippen molar-refractivity contribution < 1.29 is 15.0 Å². The topological polar surface area (TPSA) is 122 Å². The molecule has 17 heavy (non-hydrogen) atoms. The van der Waals surface area contributed by atoms with Crippen LogP contribution in [0.15, 0.2) is 23.2 Å². The number of guanidine groups is 1. The summed E-state index contributed by atoms with van der Waals surface area (Å²) in [5.41, 5.74) is 11.3. The maximum atomic E-state index is 11.0. The van der Waals surface area contributed by atoms with E-state index in [-0.39, 0.29) is 24.1 Å². The van der Waals surface area contributed by atoms with Crippen LogP contribution in [0, 0.1) is 6.92 Å². The average molecular weight is 260 g/mol. The van der Waals surface area contributed by atoms with Crippen LogP contribution in [0.2, 0.25) is 0 Å². The van der Waals surface area contributed by atoms with Crippen LogP contribution in [0.3, 0.4) is 0 Å². The van der Waals surface area contributed by atoms with E-state index >= 15 is 0 Å². The molecule has 0 heterocycles. The number of aliphatic imine (C=N–C) groups is 1. The van der Waals surface area contributed by atoms with Gasteiger partial charge in [-0.25, -0.2) is 9.79 Å². The van der Waals surface area contributed by atoms with Gasteiger partial charge < -0.3 is 21.7 Å². The Kier molecular flexibility index (Phi) is 5.27. The second-order valence-electron chi connectivity index (χ2n) is 3.34. The molecule has 1 aromatic carbocycles. The van der Waals surface area contributed by atoms with E-state index in [1.807, 2.05) is 0 Å². The number of carboxylic acids is 1. The van der Waals surface area contributed by atoms with Gasteiger partial charge in [0.25, 0.3) is 0 Å². The van der Waals surface area contributed by atoms with Crippen molar-refractivity contribution in [2.45, 2.75) is 13.0 Å². The minimum Gasteiger partial charge on any atom is -0.508 e. The fraction of sp³-hybridized carbons (Fsp3) is 0.200. The van der Waals surface area contributed by atoms with Crippen molar-refractivity contribution in [3.05, 3.63) is 29.3 Å². The Morgan fingerprint density at radius 3 is 2.41 bits per heavy atom. The van der Waals surface area contributed by atoms with E-state index in [2.05, 4.69) is 4.99 Å². The molecule has 0 saturated heterocycles. The molecule has 0 fully saturated rings. The van der Waals surface area contributed by atoms with Crippen LogP contribution in [-0.2, 0) is 4.79 Å². The summed E-state index contributed by atoms with van der Waals surface area (Å²) in [6, 6.07) is 3.25. The largest absolute Gasteiger partial charge is 0.508 e. The van der Waals surface area contributed by atoms with Crippen molar-refractivity contribution in [3.63, 3.8) is 0 Å². The van der Waals surface area contributed by atoms with E-state index in [0.29, 0.717) is 11.1 Å². The number of halogens is 1. The van der Waals surface area contributed by atoms with Gasteiger partial charge in [-0.1, -0.05) is 6.07 Å². The van der Waals surface area contributed by atoms with Crippen LogP contribution in [0.5, 0.6) is 5.75 Å². The van der Waals surface area contributed by atoms with Gasteiger partial charge in [0.1, 0.15) is 5.75 Å². The predicted octanol–water partition coefficient (Wildman–Crippen LogP) is 0.522. The van der Waals surface area contributed by atoms with Gasteiger partial charge in [-0.2, -0.15) is 0 Å². The lowest BCUT2D eigenvalue weighted by molar-refractivity contribution is -0.138. The number of aromatic hydroxyl groups is 1. The number of carbonyl (C=O) groups is 1. The highest BCUT2D eigenvalue weighted by molar-refractivity contribution is 5.85. The zero-order valence-electron chi connectivity index (χ0n) is 9.12. The number of rotatable bonds is 3. The Morgan fingerprint density at radius 1 is 1.41 bits per heavy atom. The molecule has 0 saturated carbocycles. The first-order valence-corrected chi connectivity index (χ1v) is 4.53. The van der Waals surface area contributed by atoms with Crippen molar-refractivity contribution in [3.8, 4) is 5.75 Å². The SMILES string of the molecule is Cc1cc(C(N=C(N)N)C(=O)O)ccc1O.Cl. The normalized spacial score (nSPS) is 11.1. The molecule has 1 rings (SSSR count). The number of nitrogens with two attached hydrogens (primary N) is 2. The first-order valence-electron chi connectivity index (χ1n) is 4.53. The summed E-state index contributed by atoms with van der Waals surface area (Å²) >= 11 is 0. The summed E-state index contributed by atoms with van der Waals surface area (Å²) in [6.07, 6.45) is 0. The fourth-order valence-corrected chi connectivity index (χ4v) is 1.27. The molecule has 0 aliphatic carbocycles. The van der Waals surface area contributed by atoms with Crippen LogP contribution in [0.1, 0.15) is 17.2 Å². The quantitative estimate of drug-likeness (QED) is 0.466. The Hall–Kier alpha value is -1.95. The smallest absolute Gasteiger partial charge is 0.333 e. The molecule has 0 aromatic heterocycles. The standard InChI is InChI=1S/C10H13N3O3.ClH/c1-5-4-6(2-3-7(5)14)8(9(15)16)13-10(11)12;/h2-4,8,14H,1H3,(H,15,16)(H4,11,12,13);1H. The molecule has 0 spiro atoms. The van der Waals surface area contributed by atoms with Crippen molar-refractivity contribution >= 4 is 24.3 Å². The van der Waals surface area contributed by atoms with Gasteiger partial charge in [0.15, 0.2) is 12.0 Å². The number of nitrogens with zero attached hydrogens (tertiary/aromatic N) is 1. The second-order valence-corrected chi connectivity index (χ2v) is 3.34. The van der Waals surface area contributed by atoms with Crippen LogP contribution >= 0.6 is 12.4 Å². The van der Waals surface area contributed by atoms with Gasteiger partial charge in [0, 0.05) is 0 Å². The fourth-order valence-electron chi connectivity index (χ4n) is 1.27. The number of hydrogen-bond donors (Lipinski definition) is 4. The second kappa shape index (κ2) is 5.95. The minimum atomic E-state index is -1.15. The van der Waals surface area contributed by atoms with Crippen LogP contribution in [0.25, 0.3) is 0 Å². The molecule has 0 amide bonds. The molecular weight excluding hydrogens is 246 g/mol. The van der Waals surface area contributed by atoms with Crippen LogP contribution in [-0.4, -0.2) is 22.1 Å². The van der Waals surface area contributed by atoms with E-state index in [0.717, 1.165) is 0 Å². The first kappa shape index (κ1) is 15.0. The zero-order valence-corrected chi connectivity index (χ0v) is 9.94. The molecule has 0 bridgehead atoms. The Morgan fingerprint density at radius 2 is 2.00 bits per heavy atom. The molecule has 1 aromatic rings. The van der Waals surface area contributed by atoms with Crippen molar-refractivity contribution in [2.24, 2.45) is 16.5 Å².